The van der Waals surface area contributed by atoms with Crippen molar-refractivity contribution in [1.29, 1.82) is 0 Å². The predicted molar refractivity (Wildman–Crippen MR) is 67.7 cm³/mol. The molecule has 0 radical (unpaired) electrons. The number of aromatic nitrogens is 1. The monoisotopic (exact) mass is 315 g/mol. The average Bonchev–Trinajstić information content (AvgIpc) is 2.58. The number of H-pyrrole nitrogens is 1. The number of thiazole rings is 1. The number of aryl methyl sites for hydroxylation is 1. The Hall–Kier alpha value is -0.750. The van der Waals surface area contributed by atoms with Crippen molar-refractivity contribution in [2.24, 2.45) is 0 Å². The third kappa shape index (κ3) is 3.88. The van der Waals surface area contributed by atoms with Gasteiger partial charge in [-0.15, -0.1) is 0 Å². The van der Waals surface area contributed by atoms with Crippen molar-refractivity contribution < 1.29 is 16.8 Å². The standard InChI is InChI=1S/C7H13N3O5S3/c1-5-6(16-7(11)10-5)18(14,15)9-3-4-17(12,13)8-2/h8-9H,3-4H2,1-2H3,(H,10,11). The van der Waals surface area contributed by atoms with Crippen molar-refractivity contribution in [1.82, 2.24) is 14.4 Å². The molecule has 104 valence electrons. The van der Waals surface area contributed by atoms with Gasteiger partial charge in [-0.25, -0.2) is 26.3 Å². The van der Waals surface area contributed by atoms with E-state index in [4.69, 9.17) is 0 Å². The summed E-state index contributed by atoms with van der Waals surface area (Å²) in [7, 11) is -6.09. The Morgan fingerprint density at radius 3 is 2.33 bits per heavy atom. The number of rotatable bonds is 6. The van der Waals surface area contributed by atoms with Gasteiger partial charge in [0.15, 0.2) is 4.21 Å². The lowest BCUT2D eigenvalue weighted by atomic mass is 10.6. The van der Waals surface area contributed by atoms with Crippen molar-refractivity contribution in [2.45, 2.75) is 11.1 Å². The highest BCUT2D eigenvalue weighted by molar-refractivity contribution is 7.92. The Kier molecular flexibility index (Phi) is 4.66. The van der Waals surface area contributed by atoms with Crippen LogP contribution in [0.4, 0.5) is 0 Å². The van der Waals surface area contributed by atoms with Gasteiger partial charge in [-0.3, -0.25) is 4.79 Å². The zero-order valence-electron chi connectivity index (χ0n) is 9.68. The molecule has 0 saturated carbocycles. The lowest BCUT2D eigenvalue weighted by Crippen LogP contribution is -2.32. The van der Waals surface area contributed by atoms with Crippen LogP contribution < -0.4 is 14.3 Å². The van der Waals surface area contributed by atoms with Gasteiger partial charge in [-0.2, -0.15) is 0 Å². The molecular formula is C7H13N3O5S3. The molecule has 0 aliphatic carbocycles. The molecule has 11 heteroatoms. The van der Waals surface area contributed by atoms with Crippen molar-refractivity contribution in [3.8, 4) is 0 Å². The maximum Gasteiger partial charge on any atom is 0.305 e. The van der Waals surface area contributed by atoms with Gasteiger partial charge >= 0.3 is 4.87 Å². The van der Waals surface area contributed by atoms with Crippen LogP contribution in [0.25, 0.3) is 0 Å². The summed E-state index contributed by atoms with van der Waals surface area (Å²) in [6, 6.07) is 0. The molecule has 0 spiro atoms. The molecule has 0 atom stereocenters. The lowest BCUT2D eigenvalue weighted by Gasteiger charge is -2.05. The van der Waals surface area contributed by atoms with Gasteiger partial charge in [-0.05, 0) is 14.0 Å². The molecule has 1 aromatic heterocycles. The average molecular weight is 315 g/mol. The molecule has 0 bridgehead atoms. The molecular weight excluding hydrogens is 302 g/mol. The van der Waals surface area contributed by atoms with Gasteiger partial charge in [0.2, 0.25) is 10.0 Å². The second-order valence-corrected chi connectivity index (χ2v) is 8.34. The third-order valence-corrected chi connectivity index (χ3v) is 6.43. The van der Waals surface area contributed by atoms with E-state index in [1.54, 1.807) is 0 Å². The van der Waals surface area contributed by atoms with Crippen molar-refractivity contribution >= 4 is 31.4 Å². The highest BCUT2D eigenvalue weighted by Crippen LogP contribution is 2.14. The molecule has 0 aliphatic heterocycles. The van der Waals surface area contributed by atoms with Gasteiger partial charge in [0.1, 0.15) is 0 Å². The molecule has 0 aromatic carbocycles. The highest BCUT2D eigenvalue weighted by Gasteiger charge is 2.20. The topological polar surface area (TPSA) is 125 Å². The minimum absolute atomic E-state index is 0.130. The summed E-state index contributed by atoms with van der Waals surface area (Å²) in [4.78, 5) is 12.9. The van der Waals surface area contributed by atoms with Crippen LogP contribution in [0.1, 0.15) is 5.69 Å². The Labute approximate surface area is 109 Å². The van der Waals surface area contributed by atoms with Gasteiger partial charge < -0.3 is 4.98 Å². The van der Waals surface area contributed by atoms with Gasteiger partial charge in [-0.1, -0.05) is 11.3 Å². The first kappa shape index (κ1) is 15.3. The fourth-order valence-corrected chi connectivity index (χ4v) is 4.20. The van der Waals surface area contributed by atoms with E-state index in [0.29, 0.717) is 11.3 Å². The molecule has 0 aliphatic rings. The van der Waals surface area contributed by atoms with Crippen molar-refractivity contribution in [3.63, 3.8) is 0 Å². The molecule has 0 fully saturated rings. The van der Waals surface area contributed by atoms with Crippen LogP contribution in [0, 0.1) is 6.92 Å². The Morgan fingerprint density at radius 2 is 1.89 bits per heavy atom. The van der Waals surface area contributed by atoms with Crippen LogP contribution in [0.3, 0.4) is 0 Å². The number of nitrogens with one attached hydrogen (secondary N) is 3. The lowest BCUT2D eigenvalue weighted by molar-refractivity contribution is 0.579. The van der Waals surface area contributed by atoms with E-state index >= 15 is 0 Å². The van der Waals surface area contributed by atoms with Gasteiger partial charge in [0.25, 0.3) is 10.0 Å². The molecule has 3 N–H and O–H groups in total. The summed E-state index contributed by atoms with van der Waals surface area (Å²) in [5, 5.41) is 0. The fraction of sp³-hybridized carbons (Fsp3) is 0.571. The molecule has 8 nitrogen and oxygen atoms in total. The van der Waals surface area contributed by atoms with E-state index in [0.717, 1.165) is 0 Å². The van der Waals surface area contributed by atoms with E-state index < -0.39 is 24.9 Å². The molecule has 0 amide bonds. The third-order valence-electron chi connectivity index (χ3n) is 2.00. The summed E-state index contributed by atoms with van der Waals surface area (Å²) in [5.41, 5.74) is 0.231. The van der Waals surface area contributed by atoms with Crippen LogP contribution in [0.15, 0.2) is 9.00 Å². The molecule has 0 unspecified atom stereocenters. The minimum atomic E-state index is -3.86. The molecule has 1 rings (SSSR count). The van der Waals surface area contributed by atoms with Crippen LogP contribution in [0.5, 0.6) is 0 Å². The second-order valence-electron chi connectivity index (χ2n) is 3.35. The molecule has 18 heavy (non-hydrogen) atoms. The number of sulfonamides is 2. The van der Waals surface area contributed by atoms with E-state index in [9.17, 15) is 21.6 Å². The van der Waals surface area contributed by atoms with E-state index in [1.807, 2.05) is 0 Å². The largest absolute Gasteiger partial charge is 0.315 e. The zero-order chi connectivity index (χ0) is 14.0. The highest BCUT2D eigenvalue weighted by atomic mass is 32.2. The van der Waals surface area contributed by atoms with Crippen molar-refractivity contribution in [2.75, 3.05) is 19.3 Å². The summed E-state index contributed by atoms with van der Waals surface area (Å²) in [6.45, 7) is 1.19. The fourth-order valence-electron chi connectivity index (χ4n) is 1.12. The first-order valence-electron chi connectivity index (χ1n) is 4.78. The summed E-state index contributed by atoms with van der Waals surface area (Å²) < 4.78 is 49.8. The maximum atomic E-state index is 11.8. The summed E-state index contributed by atoms with van der Waals surface area (Å²) in [6.07, 6.45) is 0. The maximum absolute atomic E-state index is 11.8. The molecule has 1 aromatic rings. The van der Waals surface area contributed by atoms with Gasteiger partial charge in [0.05, 0.1) is 5.75 Å². The predicted octanol–water partition coefficient (Wildman–Crippen LogP) is -1.43. The van der Waals surface area contributed by atoms with Crippen molar-refractivity contribution in [3.05, 3.63) is 15.4 Å². The number of hydrogen-bond donors (Lipinski definition) is 3. The first-order chi connectivity index (χ1) is 8.18. The van der Waals surface area contributed by atoms with E-state index in [2.05, 4.69) is 14.4 Å². The first-order valence-corrected chi connectivity index (χ1v) is 8.74. The van der Waals surface area contributed by atoms with Gasteiger partial charge in [0, 0.05) is 12.2 Å². The summed E-state index contributed by atoms with van der Waals surface area (Å²) >= 11 is 0.558. The van der Waals surface area contributed by atoms with E-state index in [1.165, 1.54) is 14.0 Å². The second kappa shape index (κ2) is 5.48. The number of aromatic amines is 1. The Balaban J connectivity index is 2.79. The van der Waals surface area contributed by atoms with E-state index in [-0.39, 0.29) is 22.2 Å². The van der Waals surface area contributed by atoms with Crippen LogP contribution in [0.2, 0.25) is 0 Å². The zero-order valence-corrected chi connectivity index (χ0v) is 12.1. The number of hydrogen-bond acceptors (Lipinski definition) is 6. The Morgan fingerprint density at radius 1 is 1.28 bits per heavy atom. The van der Waals surface area contributed by atoms with Crippen LogP contribution >= 0.6 is 11.3 Å². The van der Waals surface area contributed by atoms with Crippen LogP contribution in [-0.2, 0) is 20.0 Å². The quantitative estimate of drug-likeness (QED) is 0.593. The van der Waals surface area contributed by atoms with Crippen LogP contribution in [-0.4, -0.2) is 41.2 Å². The smallest absolute Gasteiger partial charge is 0.305 e. The normalized spacial score (nSPS) is 12.8. The Bertz CT molecular complexity index is 669. The summed E-state index contributed by atoms with van der Waals surface area (Å²) in [5.74, 6) is -0.374. The molecule has 1 heterocycles. The minimum Gasteiger partial charge on any atom is -0.315 e. The molecule has 0 saturated heterocycles. The SMILES string of the molecule is CNS(=O)(=O)CCNS(=O)(=O)c1sc(=O)[nH]c1C.